The molecule has 1 rings (SSSR count). The standard InChI is InChI=1S/C10H12BrN3O/c1-2-9(6-15)14-10-7(4-12)3-8(11)5-13-10/h3,5,9,15H,2,6H2,1H3,(H,13,14). The number of pyridine rings is 1. The molecule has 4 nitrogen and oxygen atoms in total. The number of halogens is 1. The van der Waals surface area contributed by atoms with Gasteiger partial charge in [0.15, 0.2) is 0 Å². The van der Waals surface area contributed by atoms with Gasteiger partial charge >= 0.3 is 0 Å². The van der Waals surface area contributed by atoms with Crippen LogP contribution in [0.25, 0.3) is 0 Å². The molecule has 0 saturated heterocycles. The SMILES string of the molecule is CCC(CO)Nc1ncc(Br)cc1C#N. The van der Waals surface area contributed by atoms with Crippen LogP contribution in [0.15, 0.2) is 16.7 Å². The third-order valence-corrected chi connectivity index (χ3v) is 2.46. The Labute approximate surface area is 97.1 Å². The number of hydrogen-bond donors (Lipinski definition) is 2. The molecular formula is C10H12BrN3O. The number of nitrogens with one attached hydrogen (secondary N) is 1. The first kappa shape index (κ1) is 12.0. The number of nitrogens with zero attached hydrogens (tertiary/aromatic N) is 2. The van der Waals surface area contributed by atoms with Gasteiger partial charge in [-0.25, -0.2) is 4.98 Å². The van der Waals surface area contributed by atoms with Crippen LogP contribution in [0.3, 0.4) is 0 Å². The number of aliphatic hydroxyl groups excluding tert-OH is 1. The smallest absolute Gasteiger partial charge is 0.144 e. The molecule has 15 heavy (non-hydrogen) atoms. The summed E-state index contributed by atoms with van der Waals surface area (Å²) in [4.78, 5) is 4.09. The minimum absolute atomic E-state index is 0.0269. The van der Waals surface area contributed by atoms with Crippen molar-refractivity contribution in [3.63, 3.8) is 0 Å². The van der Waals surface area contributed by atoms with Crippen molar-refractivity contribution in [3.05, 3.63) is 22.3 Å². The monoisotopic (exact) mass is 269 g/mol. The molecule has 5 heteroatoms. The Morgan fingerprint density at radius 3 is 3.00 bits per heavy atom. The molecule has 80 valence electrons. The van der Waals surface area contributed by atoms with Crippen LogP contribution >= 0.6 is 15.9 Å². The molecule has 0 aliphatic rings. The van der Waals surface area contributed by atoms with E-state index in [2.05, 4.69) is 32.3 Å². The first-order valence-electron chi connectivity index (χ1n) is 4.64. The number of rotatable bonds is 4. The average molecular weight is 270 g/mol. The Balaban J connectivity index is 2.90. The summed E-state index contributed by atoms with van der Waals surface area (Å²) in [7, 11) is 0. The first-order valence-corrected chi connectivity index (χ1v) is 5.43. The molecule has 0 aromatic carbocycles. The third-order valence-electron chi connectivity index (χ3n) is 2.03. The normalized spacial score (nSPS) is 11.9. The van der Waals surface area contributed by atoms with Gasteiger partial charge in [-0.15, -0.1) is 0 Å². The van der Waals surface area contributed by atoms with Gasteiger partial charge in [0.2, 0.25) is 0 Å². The van der Waals surface area contributed by atoms with Gasteiger partial charge in [-0.1, -0.05) is 6.92 Å². The van der Waals surface area contributed by atoms with Crippen LogP contribution in [0.1, 0.15) is 18.9 Å². The largest absolute Gasteiger partial charge is 0.394 e. The van der Waals surface area contributed by atoms with Gasteiger partial charge in [0.25, 0.3) is 0 Å². The maximum Gasteiger partial charge on any atom is 0.144 e. The molecule has 2 N–H and O–H groups in total. The molecule has 1 heterocycles. The predicted octanol–water partition coefficient (Wildman–Crippen LogP) is 1.90. The van der Waals surface area contributed by atoms with Crippen LogP contribution in [-0.2, 0) is 0 Å². The fourth-order valence-electron chi connectivity index (χ4n) is 1.11. The van der Waals surface area contributed by atoms with E-state index in [1.807, 2.05) is 6.92 Å². The molecule has 0 saturated carbocycles. The molecule has 0 spiro atoms. The van der Waals surface area contributed by atoms with Gasteiger partial charge in [0.05, 0.1) is 18.2 Å². The highest BCUT2D eigenvalue weighted by molar-refractivity contribution is 9.10. The second kappa shape index (κ2) is 5.69. The second-order valence-electron chi connectivity index (χ2n) is 3.09. The van der Waals surface area contributed by atoms with Crippen LogP contribution in [0.4, 0.5) is 5.82 Å². The van der Waals surface area contributed by atoms with Gasteiger partial charge < -0.3 is 10.4 Å². The number of hydrogen-bond acceptors (Lipinski definition) is 4. The zero-order chi connectivity index (χ0) is 11.3. The summed E-state index contributed by atoms with van der Waals surface area (Å²) in [5.74, 6) is 0.515. The Bertz CT molecular complexity index is 371. The van der Waals surface area contributed by atoms with E-state index >= 15 is 0 Å². The van der Waals surface area contributed by atoms with E-state index in [-0.39, 0.29) is 12.6 Å². The van der Waals surface area contributed by atoms with Crippen LogP contribution < -0.4 is 5.32 Å². The van der Waals surface area contributed by atoms with E-state index in [9.17, 15) is 0 Å². The highest BCUT2D eigenvalue weighted by Crippen LogP contribution is 2.18. The molecule has 0 aliphatic carbocycles. The molecule has 0 aliphatic heterocycles. The summed E-state index contributed by atoms with van der Waals surface area (Å²) in [5.41, 5.74) is 0.469. The summed E-state index contributed by atoms with van der Waals surface area (Å²) in [5, 5.41) is 20.9. The Kier molecular flexibility index (Phi) is 4.53. The molecule has 0 fully saturated rings. The molecule has 1 aromatic heterocycles. The lowest BCUT2D eigenvalue weighted by Crippen LogP contribution is -2.23. The average Bonchev–Trinajstić information content (AvgIpc) is 2.27. The van der Waals surface area contributed by atoms with Crippen molar-refractivity contribution in [2.24, 2.45) is 0 Å². The van der Waals surface area contributed by atoms with E-state index in [0.717, 1.165) is 10.9 Å². The van der Waals surface area contributed by atoms with E-state index in [0.29, 0.717) is 11.4 Å². The van der Waals surface area contributed by atoms with Crippen LogP contribution in [-0.4, -0.2) is 22.7 Å². The second-order valence-corrected chi connectivity index (χ2v) is 4.01. The lowest BCUT2D eigenvalue weighted by Gasteiger charge is -2.15. The topological polar surface area (TPSA) is 68.9 Å². The molecular weight excluding hydrogens is 258 g/mol. The highest BCUT2D eigenvalue weighted by Gasteiger charge is 2.09. The quantitative estimate of drug-likeness (QED) is 0.876. The predicted molar refractivity (Wildman–Crippen MR) is 61.4 cm³/mol. The van der Waals surface area contributed by atoms with Crippen molar-refractivity contribution < 1.29 is 5.11 Å². The van der Waals surface area contributed by atoms with Gasteiger partial charge in [0.1, 0.15) is 11.9 Å². The van der Waals surface area contributed by atoms with E-state index in [1.165, 1.54) is 0 Å². The van der Waals surface area contributed by atoms with Crippen molar-refractivity contribution >= 4 is 21.7 Å². The molecule has 1 atom stereocenters. The maximum atomic E-state index is 9.02. The van der Waals surface area contributed by atoms with Crippen LogP contribution in [0.5, 0.6) is 0 Å². The first-order chi connectivity index (χ1) is 7.21. The van der Waals surface area contributed by atoms with Gasteiger partial charge in [-0.05, 0) is 28.4 Å². The van der Waals surface area contributed by atoms with Crippen molar-refractivity contribution in [3.8, 4) is 6.07 Å². The maximum absolute atomic E-state index is 9.02. The number of nitriles is 1. The lowest BCUT2D eigenvalue weighted by atomic mass is 10.2. The molecule has 1 aromatic rings. The van der Waals surface area contributed by atoms with E-state index in [4.69, 9.17) is 10.4 Å². The van der Waals surface area contributed by atoms with Gasteiger partial charge in [-0.3, -0.25) is 0 Å². The van der Waals surface area contributed by atoms with E-state index in [1.54, 1.807) is 12.3 Å². The van der Waals surface area contributed by atoms with Gasteiger partial charge in [0, 0.05) is 10.7 Å². The Morgan fingerprint density at radius 2 is 2.47 bits per heavy atom. The van der Waals surface area contributed by atoms with Crippen molar-refractivity contribution in [1.29, 1.82) is 5.26 Å². The van der Waals surface area contributed by atoms with Crippen molar-refractivity contribution in [2.45, 2.75) is 19.4 Å². The summed E-state index contributed by atoms with van der Waals surface area (Å²) >= 11 is 3.25. The molecule has 0 radical (unpaired) electrons. The van der Waals surface area contributed by atoms with Crippen LogP contribution in [0.2, 0.25) is 0 Å². The zero-order valence-corrected chi connectivity index (χ0v) is 9.95. The highest BCUT2D eigenvalue weighted by atomic mass is 79.9. The summed E-state index contributed by atoms with van der Waals surface area (Å²) in [6.07, 6.45) is 2.40. The van der Waals surface area contributed by atoms with Crippen molar-refractivity contribution in [2.75, 3.05) is 11.9 Å². The Morgan fingerprint density at radius 1 is 1.73 bits per heavy atom. The van der Waals surface area contributed by atoms with Crippen LogP contribution in [0, 0.1) is 11.3 Å². The summed E-state index contributed by atoms with van der Waals surface area (Å²) < 4.78 is 0.765. The molecule has 0 amide bonds. The number of aromatic nitrogens is 1. The fraction of sp³-hybridized carbons (Fsp3) is 0.400. The number of anilines is 1. The molecule has 0 bridgehead atoms. The van der Waals surface area contributed by atoms with Gasteiger partial charge in [-0.2, -0.15) is 5.26 Å². The summed E-state index contributed by atoms with van der Waals surface area (Å²) in [6, 6.07) is 3.68. The summed E-state index contributed by atoms with van der Waals surface area (Å²) in [6.45, 7) is 1.98. The lowest BCUT2D eigenvalue weighted by molar-refractivity contribution is 0.271. The Hall–Kier alpha value is -1.12. The fourth-order valence-corrected chi connectivity index (χ4v) is 1.44. The number of aliphatic hydroxyl groups is 1. The van der Waals surface area contributed by atoms with E-state index < -0.39 is 0 Å². The third kappa shape index (κ3) is 3.18. The van der Waals surface area contributed by atoms with Crippen molar-refractivity contribution in [1.82, 2.24) is 4.98 Å². The zero-order valence-electron chi connectivity index (χ0n) is 8.37. The molecule has 1 unspecified atom stereocenters. The minimum Gasteiger partial charge on any atom is -0.394 e. The minimum atomic E-state index is -0.0641.